The molecule has 0 radical (unpaired) electrons. The first kappa shape index (κ1) is 15.8. The molecule has 2 aromatic rings. The van der Waals surface area contributed by atoms with Crippen LogP contribution in [0.15, 0.2) is 41.9 Å². The Bertz CT molecular complexity index is 911. The molecule has 1 fully saturated rings. The third kappa shape index (κ3) is 3.00. The molecule has 1 saturated carbocycles. The van der Waals surface area contributed by atoms with Crippen LogP contribution in [-0.2, 0) is 0 Å². The molecule has 3 heterocycles. The summed E-state index contributed by atoms with van der Waals surface area (Å²) in [5.41, 5.74) is 1.56. The number of allylic oxidation sites excluding steroid dienone is 3. The van der Waals surface area contributed by atoms with E-state index < -0.39 is 12.3 Å². The first-order chi connectivity index (χ1) is 12.0. The summed E-state index contributed by atoms with van der Waals surface area (Å²) in [5.74, 6) is 0.0217. The zero-order valence-corrected chi connectivity index (χ0v) is 13.5. The van der Waals surface area contributed by atoms with Crippen molar-refractivity contribution in [3.8, 4) is 0 Å². The minimum Gasteiger partial charge on any atom is -0.339 e. The zero-order chi connectivity index (χ0) is 17.6. The van der Waals surface area contributed by atoms with Gasteiger partial charge in [0.2, 0.25) is 0 Å². The molecular weight excluding hydrogens is 352 g/mol. The van der Waals surface area contributed by atoms with Gasteiger partial charge in [-0.15, -0.1) is 0 Å². The number of carbonyl (C=O) groups is 1. The van der Waals surface area contributed by atoms with Crippen LogP contribution in [-0.4, -0.2) is 27.1 Å². The number of alkyl halides is 2. The van der Waals surface area contributed by atoms with Crippen molar-refractivity contribution in [2.24, 2.45) is 0 Å². The summed E-state index contributed by atoms with van der Waals surface area (Å²) in [6, 6.07) is 3.13. The molecule has 2 N–H and O–H groups in total. The number of fused-ring (bicyclic) bond motifs is 1. The van der Waals surface area contributed by atoms with Gasteiger partial charge >= 0.3 is 0 Å². The van der Waals surface area contributed by atoms with Gasteiger partial charge in [-0.3, -0.25) is 4.79 Å². The van der Waals surface area contributed by atoms with Crippen LogP contribution in [0.3, 0.4) is 0 Å². The number of amides is 1. The van der Waals surface area contributed by atoms with Gasteiger partial charge in [0.25, 0.3) is 12.3 Å². The van der Waals surface area contributed by atoms with Crippen LogP contribution in [0.5, 0.6) is 0 Å². The van der Waals surface area contributed by atoms with E-state index in [1.807, 2.05) is 0 Å². The van der Waals surface area contributed by atoms with Gasteiger partial charge in [-0.2, -0.15) is 5.10 Å². The highest BCUT2D eigenvalue weighted by Crippen LogP contribution is 2.38. The predicted molar refractivity (Wildman–Crippen MR) is 89.6 cm³/mol. The highest BCUT2D eigenvalue weighted by atomic mass is 35.5. The van der Waals surface area contributed by atoms with E-state index in [0.717, 1.165) is 23.1 Å². The Labute approximate surface area is 146 Å². The van der Waals surface area contributed by atoms with Crippen molar-refractivity contribution in [3.05, 3.63) is 52.5 Å². The van der Waals surface area contributed by atoms with Crippen LogP contribution in [0.4, 0.5) is 20.4 Å². The maximum Gasteiger partial charge on any atom is 0.280 e. The van der Waals surface area contributed by atoms with Crippen molar-refractivity contribution in [1.82, 2.24) is 14.8 Å². The molecule has 25 heavy (non-hydrogen) atoms. The number of halogens is 3. The van der Waals surface area contributed by atoms with Crippen molar-refractivity contribution < 1.29 is 13.6 Å². The lowest BCUT2D eigenvalue weighted by molar-refractivity contribution is 0.102. The fourth-order valence-corrected chi connectivity index (χ4v) is 2.63. The number of rotatable bonds is 3. The van der Waals surface area contributed by atoms with Gasteiger partial charge in [-0.25, -0.2) is 18.4 Å². The molecule has 0 aromatic carbocycles. The van der Waals surface area contributed by atoms with Crippen LogP contribution in [0.25, 0.3) is 5.70 Å². The maximum absolute atomic E-state index is 13.3. The number of aromatic nitrogens is 3. The van der Waals surface area contributed by atoms with E-state index >= 15 is 0 Å². The first-order valence-electron chi connectivity index (χ1n) is 7.53. The summed E-state index contributed by atoms with van der Waals surface area (Å²) < 4.78 is 27.8. The van der Waals surface area contributed by atoms with Gasteiger partial charge in [0, 0.05) is 11.9 Å². The summed E-state index contributed by atoms with van der Waals surface area (Å²) in [6.07, 6.45) is 3.05. The van der Waals surface area contributed by atoms with Gasteiger partial charge in [0.1, 0.15) is 22.9 Å². The molecule has 0 spiro atoms. The smallest absolute Gasteiger partial charge is 0.280 e. The molecule has 0 bridgehead atoms. The van der Waals surface area contributed by atoms with Gasteiger partial charge in [0.05, 0.1) is 11.2 Å². The Morgan fingerprint density at radius 2 is 2.12 bits per heavy atom. The number of pyridine rings is 1. The highest BCUT2D eigenvalue weighted by Gasteiger charge is 2.30. The lowest BCUT2D eigenvalue weighted by Gasteiger charge is -2.20. The SMILES string of the molecule is O=C(Nc1ccc(Cl)cn1)c1cnn2c1NC(=C1CC1)C=C2C(F)F. The fourth-order valence-electron chi connectivity index (χ4n) is 2.51. The molecule has 0 atom stereocenters. The van der Waals surface area contributed by atoms with Crippen molar-refractivity contribution in [2.75, 3.05) is 10.6 Å². The van der Waals surface area contributed by atoms with Crippen LogP contribution in [0, 0.1) is 0 Å². The number of nitrogens with one attached hydrogen (secondary N) is 2. The zero-order valence-electron chi connectivity index (χ0n) is 12.8. The molecule has 4 rings (SSSR count). The standard InChI is InChI=1S/C16H12ClF2N5O/c17-9-3-4-13(20-6-9)23-16(25)10-7-21-24-12(14(18)19)5-11(8-1-2-8)22-15(10)24/h3-7,14,22H,1-2H2,(H,20,23,25). The van der Waals surface area contributed by atoms with E-state index in [1.54, 1.807) is 12.1 Å². The average molecular weight is 364 g/mol. The minimum absolute atomic E-state index is 0.154. The summed E-state index contributed by atoms with van der Waals surface area (Å²) >= 11 is 5.76. The summed E-state index contributed by atoms with van der Waals surface area (Å²) in [4.78, 5) is 16.5. The topological polar surface area (TPSA) is 71.8 Å². The van der Waals surface area contributed by atoms with Gasteiger partial charge in [0.15, 0.2) is 0 Å². The molecule has 1 aliphatic heterocycles. The second-order valence-corrected chi connectivity index (χ2v) is 6.08. The van der Waals surface area contributed by atoms with E-state index in [9.17, 15) is 13.6 Å². The van der Waals surface area contributed by atoms with E-state index in [1.165, 1.54) is 18.5 Å². The number of hydrogen-bond acceptors (Lipinski definition) is 4. The first-order valence-corrected chi connectivity index (χ1v) is 7.91. The summed E-state index contributed by atoms with van der Waals surface area (Å²) in [6.45, 7) is 0. The van der Waals surface area contributed by atoms with E-state index in [0.29, 0.717) is 16.5 Å². The Morgan fingerprint density at radius 3 is 2.76 bits per heavy atom. The van der Waals surface area contributed by atoms with Crippen LogP contribution >= 0.6 is 11.6 Å². The second kappa shape index (κ2) is 5.96. The normalized spacial score (nSPS) is 15.6. The number of nitrogens with zero attached hydrogens (tertiary/aromatic N) is 3. The van der Waals surface area contributed by atoms with Gasteiger partial charge in [-0.1, -0.05) is 11.6 Å². The molecule has 6 nitrogen and oxygen atoms in total. The van der Waals surface area contributed by atoms with Crippen LogP contribution in [0.1, 0.15) is 23.2 Å². The predicted octanol–water partition coefficient (Wildman–Crippen LogP) is 3.76. The molecule has 2 aromatic heterocycles. The molecule has 1 amide bonds. The summed E-state index contributed by atoms with van der Waals surface area (Å²) in [7, 11) is 0. The Morgan fingerprint density at radius 1 is 1.32 bits per heavy atom. The minimum atomic E-state index is -2.70. The quantitative estimate of drug-likeness (QED) is 0.871. The molecule has 9 heteroatoms. The van der Waals surface area contributed by atoms with E-state index in [4.69, 9.17) is 11.6 Å². The van der Waals surface area contributed by atoms with Crippen LogP contribution < -0.4 is 10.6 Å². The molecule has 1 aliphatic carbocycles. The molecule has 2 aliphatic rings. The number of carbonyl (C=O) groups excluding carboxylic acids is 1. The van der Waals surface area contributed by atoms with Crippen LogP contribution in [0.2, 0.25) is 5.02 Å². The second-order valence-electron chi connectivity index (χ2n) is 5.65. The van der Waals surface area contributed by atoms with Gasteiger partial charge < -0.3 is 10.6 Å². The monoisotopic (exact) mass is 363 g/mol. The van der Waals surface area contributed by atoms with E-state index in [2.05, 4.69) is 20.7 Å². The fraction of sp³-hybridized carbons (Fsp3) is 0.188. The Balaban J connectivity index is 1.67. The van der Waals surface area contributed by atoms with E-state index in [-0.39, 0.29) is 17.1 Å². The third-order valence-electron chi connectivity index (χ3n) is 3.88. The summed E-state index contributed by atoms with van der Waals surface area (Å²) in [5, 5.41) is 10.0. The van der Waals surface area contributed by atoms with Crippen molar-refractivity contribution in [2.45, 2.75) is 19.3 Å². The van der Waals surface area contributed by atoms with Crippen molar-refractivity contribution in [3.63, 3.8) is 0 Å². The Hall–Kier alpha value is -2.74. The molecule has 0 unspecified atom stereocenters. The lowest BCUT2D eigenvalue weighted by atomic mass is 10.2. The molecule has 0 saturated heterocycles. The Kier molecular flexibility index (Phi) is 3.76. The number of hydrogen-bond donors (Lipinski definition) is 2. The number of anilines is 2. The molecular formula is C16H12ClF2N5O. The van der Waals surface area contributed by atoms with Crippen molar-refractivity contribution in [1.29, 1.82) is 0 Å². The van der Waals surface area contributed by atoms with Crippen molar-refractivity contribution >= 4 is 34.8 Å². The highest BCUT2D eigenvalue weighted by molar-refractivity contribution is 6.30. The maximum atomic E-state index is 13.3. The lowest BCUT2D eigenvalue weighted by Crippen LogP contribution is -2.20. The van der Waals surface area contributed by atoms with Gasteiger partial charge in [-0.05, 0) is 36.6 Å². The average Bonchev–Trinajstić information content (AvgIpc) is 3.35. The molecule has 128 valence electrons. The largest absolute Gasteiger partial charge is 0.339 e. The third-order valence-corrected chi connectivity index (χ3v) is 4.10.